The summed E-state index contributed by atoms with van der Waals surface area (Å²) in [5, 5.41) is 5.25. The summed E-state index contributed by atoms with van der Waals surface area (Å²) < 4.78 is 31.8. The van der Waals surface area contributed by atoms with Crippen LogP contribution in [0.25, 0.3) is 0 Å². The Morgan fingerprint density at radius 3 is 2.66 bits per heavy atom. The number of halogens is 2. The lowest BCUT2D eigenvalue weighted by Crippen LogP contribution is -2.46. The van der Waals surface area contributed by atoms with Gasteiger partial charge in [0.25, 0.3) is 5.91 Å². The molecule has 2 aromatic carbocycles. The molecule has 32 heavy (non-hydrogen) atoms. The van der Waals surface area contributed by atoms with E-state index < -0.39 is 35.5 Å². The lowest BCUT2D eigenvalue weighted by Gasteiger charge is -2.24. The highest BCUT2D eigenvalue weighted by Crippen LogP contribution is 2.41. The minimum Gasteiger partial charge on any atom is -0.488 e. The number of amides is 3. The Bertz CT molecular complexity index is 1060. The van der Waals surface area contributed by atoms with E-state index in [9.17, 15) is 23.2 Å². The van der Waals surface area contributed by atoms with E-state index in [1.807, 2.05) is 0 Å². The lowest BCUT2D eigenvalue weighted by atomic mass is 10.0. The molecule has 2 aromatic rings. The number of nitrogens with one attached hydrogen (secondary N) is 2. The van der Waals surface area contributed by atoms with Crippen LogP contribution in [0.4, 0.5) is 8.78 Å². The van der Waals surface area contributed by atoms with Gasteiger partial charge in [0.05, 0.1) is 12.6 Å². The SMILES string of the molecule is CC(COc1ccc(F)cc1F)NC(=O)CNC(=O)C1c2ccccc2C(=O)N1C1CC1. The Balaban J connectivity index is 1.29. The Morgan fingerprint density at radius 2 is 1.94 bits per heavy atom. The first-order valence-corrected chi connectivity index (χ1v) is 10.4. The fourth-order valence-corrected chi connectivity index (χ4v) is 3.77. The Morgan fingerprint density at radius 1 is 1.19 bits per heavy atom. The van der Waals surface area contributed by atoms with Crippen LogP contribution in [0.2, 0.25) is 0 Å². The standard InChI is InChI=1S/C23H23F2N3O4/c1-13(12-32-19-9-6-14(24)10-18(19)25)27-20(29)11-26-22(30)21-16-4-2-3-5-17(16)23(31)28(21)15-7-8-15/h2-6,9-10,13,15,21H,7-8,11-12H2,1H3,(H,26,30)(H,27,29). The van der Waals surface area contributed by atoms with E-state index in [0.29, 0.717) is 17.2 Å². The molecular formula is C23H23F2N3O4. The molecule has 0 saturated heterocycles. The number of benzene rings is 2. The van der Waals surface area contributed by atoms with Crippen molar-refractivity contribution in [2.24, 2.45) is 0 Å². The van der Waals surface area contributed by atoms with Crippen molar-refractivity contribution in [3.05, 3.63) is 65.2 Å². The minimum absolute atomic E-state index is 0.0395. The van der Waals surface area contributed by atoms with Crippen molar-refractivity contribution >= 4 is 17.7 Å². The van der Waals surface area contributed by atoms with Crippen LogP contribution >= 0.6 is 0 Å². The zero-order valence-corrected chi connectivity index (χ0v) is 17.4. The zero-order valence-electron chi connectivity index (χ0n) is 17.4. The third-order valence-corrected chi connectivity index (χ3v) is 5.40. The molecule has 0 spiro atoms. The van der Waals surface area contributed by atoms with Crippen molar-refractivity contribution < 1.29 is 27.9 Å². The first-order valence-electron chi connectivity index (χ1n) is 10.4. The largest absolute Gasteiger partial charge is 0.488 e. The molecule has 7 nitrogen and oxygen atoms in total. The summed E-state index contributed by atoms with van der Waals surface area (Å²) in [5.74, 6) is -2.69. The second-order valence-electron chi connectivity index (χ2n) is 8.01. The highest BCUT2D eigenvalue weighted by atomic mass is 19.1. The van der Waals surface area contributed by atoms with Crippen molar-refractivity contribution in [1.82, 2.24) is 15.5 Å². The third-order valence-electron chi connectivity index (χ3n) is 5.40. The molecule has 1 saturated carbocycles. The quantitative estimate of drug-likeness (QED) is 0.656. The third kappa shape index (κ3) is 4.56. The van der Waals surface area contributed by atoms with Gasteiger partial charge in [-0.1, -0.05) is 18.2 Å². The summed E-state index contributed by atoms with van der Waals surface area (Å²) >= 11 is 0. The van der Waals surface area contributed by atoms with Crippen LogP contribution in [0, 0.1) is 11.6 Å². The smallest absolute Gasteiger partial charge is 0.255 e. The number of rotatable bonds is 8. The van der Waals surface area contributed by atoms with Crippen molar-refractivity contribution in [3.63, 3.8) is 0 Å². The number of hydrogen-bond donors (Lipinski definition) is 2. The molecule has 1 aliphatic carbocycles. The van der Waals surface area contributed by atoms with E-state index in [4.69, 9.17) is 4.74 Å². The molecule has 9 heteroatoms. The van der Waals surface area contributed by atoms with E-state index in [1.54, 1.807) is 36.1 Å². The first kappa shape index (κ1) is 21.7. The van der Waals surface area contributed by atoms with E-state index in [-0.39, 0.29) is 30.9 Å². The molecule has 1 heterocycles. The molecule has 0 aromatic heterocycles. The van der Waals surface area contributed by atoms with Gasteiger partial charge < -0.3 is 20.3 Å². The number of ether oxygens (including phenoxy) is 1. The molecule has 3 amide bonds. The number of hydrogen-bond acceptors (Lipinski definition) is 4. The number of nitrogens with zero attached hydrogens (tertiary/aromatic N) is 1. The summed E-state index contributed by atoms with van der Waals surface area (Å²) in [5.41, 5.74) is 1.16. The normalized spacial score (nSPS) is 18.2. The zero-order chi connectivity index (χ0) is 22.8. The molecule has 2 atom stereocenters. The van der Waals surface area contributed by atoms with Gasteiger partial charge in [0.2, 0.25) is 11.8 Å². The number of carbonyl (C=O) groups excluding carboxylic acids is 3. The van der Waals surface area contributed by atoms with Crippen molar-refractivity contribution in [2.75, 3.05) is 13.2 Å². The summed E-state index contributed by atoms with van der Waals surface area (Å²) in [6.45, 7) is 1.34. The van der Waals surface area contributed by atoms with Crippen LogP contribution in [-0.2, 0) is 9.59 Å². The molecule has 2 aliphatic rings. The van der Waals surface area contributed by atoms with Crippen LogP contribution < -0.4 is 15.4 Å². The van der Waals surface area contributed by atoms with E-state index >= 15 is 0 Å². The van der Waals surface area contributed by atoms with Gasteiger partial charge in [-0.25, -0.2) is 8.78 Å². The van der Waals surface area contributed by atoms with E-state index in [0.717, 1.165) is 18.9 Å². The average Bonchev–Trinajstić information content (AvgIpc) is 3.55. The lowest BCUT2D eigenvalue weighted by molar-refractivity contribution is -0.129. The predicted molar refractivity (Wildman–Crippen MR) is 111 cm³/mol. The second kappa shape index (κ2) is 8.94. The van der Waals surface area contributed by atoms with Crippen LogP contribution in [0.3, 0.4) is 0 Å². The molecule has 1 fully saturated rings. The van der Waals surface area contributed by atoms with Crippen LogP contribution in [0.5, 0.6) is 5.75 Å². The van der Waals surface area contributed by atoms with Crippen molar-refractivity contribution in [3.8, 4) is 5.75 Å². The minimum atomic E-state index is -0.831. The van der Waals surface area contributed by atoms with Gasteiger partial charge in [-0.2, -0.15) is 0 Å². The van der Waals surface area contributed by atoms with Gasteiger partial charge in [0.15, 0.2) is 11.6 Å². The molecule has 2 unspecified atom stereocenters. The number of carbonyl (C=O) groups is 3. The van der Waals surface area contributed by atoms with Crippen LogP contribution in [0.15, 0.2) is 42.5 Å². The van der Waals surface area contributed by atoms with Gasteiger partial charge in [-0.3, -0.25) is 14.4 Å². The summed E-state index contributed by atoms with van der Waals surface area (Å²) in [7, 11) is 0. The Labute approximate surface area is 183 Å². The highest BCUT2D eigenvalue weighted by Gasteiger charge is 2.47. The molecular weight excluding hydrogens is 420 g/mol. The summed E-state index contributed by atoms with van der Waals surface area (Å²) in [6, 6.07) is 8.78. The molecule has 0 radical (unpaired) electrons. The van der Waals surface area contributed by atoms with E-state index in [1.165, 1.54) is 6.07 Å². The van der Waals surface area contributed by atoms with Crippen LogP contribution in [-0.4, -0.2) is 47.9 Å². The topological polar surface area (TPSA) is 87.7 Å². The molecule has 168 valence electrons. The fraction of sp³-hybridized carbons (Fsp3) is 0.348. The van der Waals surface area contributed by atoms with Crippen LogP contribution in [0.1, 0.15) is 41.7 Å². The average molecular weight is 443 g/mol. The van der Waals surface area contributed by atoms with Crippen molar-refractivity contribution in [2.45, 2.75) is 37.9 Å². The molecule has 4 rings (SSSR count). The van der Waals surface area contributed by atoms with Gasteiger partial charge in [-0.05, 0) is 43.5 Å². The fourth-order valence-electron chi connectivity index (χ4n) is 3.77. The second-order valence-corrected chi connectivity index (χ2v) is 8.01. The maximum atomic E-state index is 13.6. The Kier molecular flexibility index (Phi) is 6.07. The van der Waals surface area contributed by atoms with Gasteiger partial charge >= 0.3 is 0 Å². The van der Waals surface area contributed by atoms with Gasteiger partial charge in [0.1, 0.15) is 18.5 Å². The van der Waals surface area contributed by atoms with E-state index in [2.05, 4.69) is 10.6 Å². The molecule has 2 N–H and O–H groups in total. The van der Waals surface area contributed by atoms with Gasteiger partial charge in [-0.15, -0.1) is 0 Å². The maximum Gasteiger partial charge on any atom is 0.255 e. The van der Waals surface area contributed by atoms with Gasteiger partial charge in [0, 0.05) is 17.7 Å². The number of fused-ring (bicyclic) bond motifs is 1. The van der Waals surface area contributed by atoms with Crippen molar-refractivity contribution in [1.29, 1.82) is 0 Å². The highest BCUT2D eigenvalue weighted by molar-refractivity contribution is 6.05. The maximum absolute atomic E-state index is 13.6. The summed E-state index contributed by atoms with van der Waals surface area (Å²) in [4.78, 5) is 39.4. The summed E-state index contributed by atoms with van der Waals surface area (Å²) in [6.07, 6.45) is 1.71. The molecule has 0 bridgehead atoms. The predicted octanol–water partition coefficient (Wildman–Crippen LogP) is 2.32. The monoisotopic (exact) mass is 443 g/mol. The first-order chi connectivity index (χ1) is 15.3. The molecule has 1 aliphatic heterocycles. The Hall–Kier alpha value is -3.49.